The SMILES string of the molecule is CCOC(=O)CNCCC(=O)c1ccc(OC)cc1.Cl. The lowest BCUT2D eigenvalue weighted by Gasteiger charge is -2.05. The molecule has 0 radical (unpaired) electrons. The summed E-state index contributed by atoms with van der Waals surface area (Å²) in [5.74, 6) is 0.440. The predicted molar refractivity (Wildman–Crippen MR) is 78.7 cm³/mol. The molecule has 1 aromatic rings. The van der Waals surface area contributed by atoms with E-state index in [-0.39, 0.29) is 30.7 Å². The van der Waals surface area contributed by atoms with Crippen molar-refractivity contribution in [3.8, 4) is 5.75 Å². The van der Waals surface area contributed by atoms with Gasteiger partial charge >= 0.3 is 5.97 Å². The highest BCUT2D eigenvalue weighted by Gasteiger charge is 2.06. The van der Waals surface area contributed by atoms with E-state index in [4.69, 9.17) is 9.47 Å². The third kappa shape index (κ3) is 6.54. The van der Waals surface area contributed by atoms with Crippen LogP contribution in [0.1, 0.15) is 23.7 Å². The molecule has 0 saturated carbocycles. The van der Waals surface area contributed by atoms with Crippen molar-refractivity contribution in [2.24, 2.45) is 0 Å². The molecule has 0 aliphatic carbocycles. The molecule has 0 unspecified atom stereocenters. The summed E-state index contributed by atoms with van der Waals surface area (Å²) in [7, 11) is 1.58. The number of carbonyl (C=O) groups is 2. The summed E-state index contributed by atoms with van der Waals surface area (Å²) in [5, 5.41) is 2.87. The van der Waals surface area contributed by atoms with Gasteiger partial charge in [0.05, 0.1) is 20.3 Å². The van der Waals surface area contributed by atoms with E-state index in [2.05, 4.69) is 5.32 Å². The number of ketones is 1. The monoisotopic (exact) mass is 301 g/mol. The fourth-order valence-electron chi connectivity index (χ4n) is 1.53. The minimum absolute atomic E-state index is 0. The minimum Gasteiger partial charge on any atom is -0.497 e. The fraction of sp³-hybridized carbons (Fsp3) is 0.429. The second-order valence-corrected chi connectivity index (χ2v) is 3.88. The van der Waals surface area contributed by atoms with Gasteiger partial charge in [0.25, 0.3) is 0 Å². The van der Waals surface area contributed by atoms with Gasteiger partial charge in [-0.1, -0.05) is 0 Å². The van der Waals surface area contributed by atoms with Gasteiger partial charge in [-0.15, -0.1) is 12.4 Å². The summed E-state index contributed by atoms with van der Waals surface area (Å²) in [5.41, 5.74) is 0.638. The van der Waals surface area contributed by atoms with E-state index in [1.807, 2.05) is 0 Å². The van der Waals surface area contributed by atoms with Gasteiger partial charge in [0.1, 0.15) is 5.75 Å². The molecular weight excluding hydrogens is 282 g/mol. The molecule has 0 aromatic heterocycles. The first-order chi connectivity index (χ1) is 9.17. The number of esters is 1. The van der Waals surface area contributed by atoms with Gasteiger partial charge < -0.3 is 14.8 Å². The molecule has 0 aliphatic heterocycles. The number of benzene rings is 1. The van der Waals surface area contributed by atoms with E-state index in [1.165, 1.54) is 0 Å². The molecule has 112 valence electrons. The number of carbonyl (C=O) groups excluding carboxylic acids is 2. The Hall–Kier alpha value is -1.59. The van der Waals surface area contributed by atoms with Crippen molar-refractivity contribution in [1.82, 2.24) is 5.32 Å². The maximum absolute atomic E-state index is 11.8. The van der Waals surface area contributed by atoms with Gasteiger partial charge in [-0.25, -0.2) is 0 Å². The second kappa shape index (κ2) is 10.2. The predicted octanol–water partition coefficient (Wildman–Crippen LogP) is 1.84. The number of hydrogen-bond acceptors (Lipinski definition) is 5. The molecule has 0 atom stereocenters. The van der Waals surface area contributed by atoms with Crippen LogP contribution in [0.25, 0.3) is 0 Å². The Morgan fingerprint density at radius 3 is 2.40 bits per heavy atom. The summed E-state index contributed by atoms with van der Waals surface area (Å²) >= 11 is 0. The van der Waals surface area contributed by atoms with Crippen LogP contribution in [0.3, 0.4) is 0 Å². The van der Waals surface area contributed by atoms with Crippen LogP contribution in [-0.2, 0) is 9.53 Å². The highest BCUT2D eigenvalue weighted by Crippen LogP contribution is 2.12. The third-order valence-corrected chi connectivity index (χ3v) is 2.52. The maximum atomic E-state index is 11.8. The highest BCUT2D eigenvalue weighted by atomic mass is 35.5. The van der Waals surface area contributed by atoms with Crippen LogP contribution in [0.4, 0.5) is 0 Å². The van der Waals surface area contributed by atoms with E-state index in [0.29, 0.717) is 25.1 Å². The van der Waals surface area contributed by atoms with Crippen LogP contribution in [0.15, 0.2) is 24.3 Å². The smallest absolute Gasteiger partial charge is 0.319 e. The normalized spacial score (nSPS) is 9.50. The summed E-state index contributed by atoms with van der Waals surface area (Å²) in [6.45, 7) is 2.70. The van der Waals surface area contributed by atoms with Gasteiger partial charge in [-0.3, -0.25) is 9.59 Å². The molecule has 0 aliphatic rings. The first-order valence-electron chi connectivity index (χ1n) is 6.21. The number of methoxy groups -OCH3 is 1. The van der Waals surface area contributed by atoms with Crippen molar-refractivity contribution in [2.75, 3.05) is 26.8 Å². The lowest BCUT2D eigenvalue weighted by molar-refractivity contribution is -0.141. The van der Waals surface area contributed by atoms with E-state index in [1.54, 1.807) is 38.3 Å². The Morgan fingerprint density at radius 2 is 1.85 bits per heavy atom. The quantitative estimate of drug-likeness (QED) is 0.451. The van der Waals surface area contributed by atoms with Crippen molar-refractivity contribution >= 4 is 24.2 Å². The first-order valence-corrected chi connectivity index (χ1v) is 6.21. The standard InChI is InChI=1S/C14H19NO4.ClH/c1-3-19-14(17)10-15-9-8-13(16)11-4-6-12(18-2)7-5-11;/h4-7,15H,3,8-10H2,1-2H3;1H. The second-order valence-electron chi connectivity index (χ2n) is 3.88. The van der Waals surface area contributed by atoms with Crippen molar-refractivity contribution in [3.05, 3.63) is 29.8 Å². The molecule has 0 amide bonds. The van der Waals surface area contributed by atoms with E-state index < -0.39 is 0 Å². The molecule has 5 nitrogen and oxygen atoms in total. The zero-order chi connectivity index (χ0) is 14.1. The molecule has 0 spiro atoms. The summed E-state index contributed by atoms with van der Waals surface area (Å²) < 4.78 is 9.78. The van der Waals surface area contributed by atoms with E-state index >= 15 is 0 Å². The van der Waals surface area contributed by atoms with Crippen LogP contribution >= 0.6 is 12.4 Å². The average Bonchev–Trinajstić information content (AvgIpc) is 2.44. The molecule has 0 saturated heterocycles. The van der Waals surface area contributed by atoms with Crippen molar-refractivity contribution < 1.29 is 19.1 Å². The van der Waals surface area contributed by atoms with Crippen molar-refractivity contribution in [2.45, 2.75) is 13.3 Å². The summed E-state index contributed by atoms with van der Waals surface area (Å²) in [6, 6.07) is 6.96. The van der Waals surface area contributed by atoms with Crippen LogP contribution in [0.5, 0.6) is 5.75 Å². The Bertz CT molecular complexity index is 420. The topological polar surface area (TPSA) is 64.6 Å². The Kier molecular flexibility index (Phi) is 9.41. The van der Waals surface area contributed by atoms with Crippen molar-refractivity contribution in [3.63, 3.8) is 0 Å². The molecule has 0 fully saturated rings. The van der Waals surface area contributed by atoms with Gasteiger partial charge in [0.2, 0.25) is 0 Å². The van der Waals surface area contributed by atoms with Crippen molar-refractivity contribution in [1.29, 1.82) is 0 Å². The van der Waals surface area contributed by atoms with Crippen LogP contribution in [-0.4, -0.2) is 38.6 Å². The van der Waals surface area contributed by atoms with Gasteiger partial charge in [-0.2, -0.15) is 0 Å². The largest absolute Gasteiger partial charge is 0.497 e. The number of halogens is 1. The molecule has 0 heterocycles. The molecule has 1 N–H and O–H groups in total. The Labute approximate surface area is 125 Å². The number of rotatable bonds is 8. The van der Waals surface area contributed by atoms with Gasteiger partial charge in [-0.05, 0) is 31.2 Å². The van der Waals surface area contributed by atoms with E-state index in [0.717, 1.165) is 5.75 Å². The zero-order valence-electron chi connectivity index (χ0n) is 11.7. The fourth-order valence-corrected chi connectivity index (χ4v) is 1.53. The number of hydrogen-bond donors (Lipinski definition) is 1. The Balaban J connectivity index is 0.00000361. The van der Waals surface area contributed by atoms with E-state index in [9.17, 15) is 9.59 Å². The molecule has 20 heavy (non-hydrogen) atoms. The summed E-state index contributed by atoms with van der Waals surface area (Å²) in [4.78, 5) is 22.9. The third-order valence-electron chi connectivity index (χ3n) is 2.52. The van der Waals surface area contributed by atoms with Crippen LogP contribution < -0.4 is 10.1 Å². The molecule has 6 heteroatoms. The number of nitrogens with one attached hydrogen (secondary N) is 1. The van der Waals surface area contributed by atoms with Gasteiger partial charge in [0, 0.05) is 18.5 Å². The number of Topliss-reactive ketones (excluding diaryl/α,β-unsaturated/α-hetero) is 1. The van der Waals surface area contributed by atoms with Crippen LogP contribution in [0.2, 0.25) is 0 Å². The van der Waals surface area contributed by atoms with Crippen LogP contribution in [0, 0.1) is 0 Å². The molecular formula is C14H20ClNO4. The molecule has 1 rings (SSSR count). The zero-order valence-corrected chi connectivity index (χ0v) is 12.5. The first kappa shape index (κ1) is 18.4. The maximum Gasteiger partial charge on any atom is 0.319 e. The lowest BCUT2D eigenvalue weighted by atomic mass is 10.1. The summed E-state index contributed by atoms with van der Waals surface area (Å²) in [6.07, 6.45) is 0.339. The average molecular weight is 302 g/mol. The molecule has 1 aromatic carbocycles. The number of ether oxygens (including phenoxy) is 2. The lowest BCUT2D eigenvalue weighted by Crippen LogP contribution is -2.26. The van der Waals surface area contributed by atoms with Gasteiger partial charge in [0.15, 0.2) is 5.78 Å². The molecule has 0 bridgehead atoms. The highest BCUT2D eigenvalue weighted by molar-refractivity contribution is 5.96. The minimum atomic E-state index is -0.306. The Morgan fingerprint density at radius 1 is 1.20 bits per heavy atom.